The minimum absolute atomic E-state index is 0.0142. The van der Waals surface area contributed by atoms with Crippen LogP contribution in [0.25, 0.3) is 0 Å². The Hall–Kier alpha value is -2.09. The molecule has 0 radical (unpaired) electrons. The van der Waals surface area contributed by atoms with Gasteiger partial charge in [-0.3, -0.25) is 4.79 Å². The Balaban J connectivity index is 1.66. The number of carbonyl (C=O) groups is 1. The Labute approximate surface area is 138 Å². The predicted octanol–water partition coefficient (Wildman–Crippen LogP) is 5.16. The first-order valence-electron chi connectivity index (χ1n) is 8.78. The van der Waals surface area contributed by atoms with Gasteiger partial charge in [-0.15, -0.1) is 0 Å². The molecule has 0 spiro atoms. The van der Waals surface area contributed by atoms with E-state index in [1.807, 2.05) is 18.2 Å². The van der Waals surface area contributed by atoms with Crippen LogP contribution in [-0.4, -0.2) is 5.91 Å². The number of fused-ring (bicyclic) bond motifs is 1. The largest absolute Gasteiger partial charge is 0.322 e. The smallest absolute Gasteiger partial charge is 0.255 e. The average molecular weight is 307 g/mol. The first-order chi connectivity index (χ1) is 11.3. The summed E-state index contributed by atoms with van der Waals surface area (Å²) in [5, 5.41) is 3.01. The number of benzene rings is 2. The molecule has 2 aromatic rings. The highest BCUT2D eigenvalue weighted by molar-refractivity contribution is 6.04. The van der Waals surface area contributed by atoms with Gasteiger partial charge in [-0.2, -0.15) is 0 Å². The van der Waals surface area contributed by atoms with Crippen LogP contribution >= 0.6 is 0 Å². The first kappa shape index (κ1) is 15.8. The molecule has 0 aromatic heterocycles. The van der Waals surface area contributed by atoms with E-state index in [1.165, 1.54) is 42.4 Å². The normalized spacial score (nSPS) is 13.4. The number of nitrogens with one attached hydrogen (secondary N) is 1. The predicted molar refractivity (Wildman–Crippen MR) is 96.1 cm³/mol. The van der Waals surface area contributed by atoms with Gasteiger partial charge in [0.05, 0.1) is 0 Å². The molecule has 0 unspecified atom stereocenters. The van der Waals surface area contributed by atoms with Crippen LogP contribution in [-0.2, 0) is 19.3 Å². The monoisotopic (exact) mass is 307 g/mol. The molecule has 1 aliphatic carbocycles. The fraction of sp³-hybridized carbons (Fsp3) is 0.381. The van der Waals surface area contributed by atoms with Crippen LogP contribution in [0.3, 0.4) is 0 Å². The van der Waals surface area contributed by atoms with Crippen molar-refractivity contribution in [3.63, 3.8) is 0 Å². The molecule has 120 valence electrons. The Bertz CT molecular complexity index is 673. The number of carbonyl (C=O) groups excluding carboxylic acids is 1. The molecule has 0 atom stereocenters. The number of hydrogen-bond donors (Lipinski definition) is 1. The fourth-order valence-corrected chi connectivity index (χ4v) is 3.21. The summed E-state index contributed by atoms with van der Waals surface area (Å²) in [4.78, 5) is 12.4. The number of hydrogen-bond acceptors (Lipinski definition) is 1. The van der Waals surface area contributed by atoms with E-state index >= 15 is 0 Å². The third-order valence-corrected chi connectivity index (χ3v) is 4.64. The van der Waals surface area contributed by atoms with Gasteiger partial charge < -0.3 is 5.32 Å². The highest BCUT2D eigenvalue weighted by atomic mass is 16.1. The van der Waals surface area contributed by atoms with E-state index in [2.05, 4.69) is 36.5 Å². The zero-order valence-electron chi connectivity index (χ0n) is 13.9. The zero-order valence-corrected chi connectivity index (χ0v) is 13.9. The van der Waals surface area contributed by atoms with Crippen LogP contribution in [0.1, 0.15) is 59.7 Å². The SMILES string of the molecule is CCCCc1ccc(NC(=O)c2ccc3c(c2)CCCC3)cc1. The molecule has 3 rings (SSSR count). The second kappa shape index (κ2) is 7.45. The maximum absolute atomic E-state index is 12.4. The Kier molecular flexibility index (Phi) is 5.12. The topological polar surface area (TPSA) is 29.1 Å². The molecule has 0 saturated heterocycles. The molecule has 1 aliphatic rings. The van der Waals surface area contributed by atoms with Gasteiger partial charge in [0.2, 0.25) is 0 Å². The van der Waals surface area contributed by atoms with E-state index in [4.69, 9.17) is 0 Å². The van der Waals surface area contributed by atoms with E-state index in [9.17, 15) is 4.79 Å². The fourth-order valence-electron chi connectivity index (χ4n) is 3.21. The van der Waals surface area contributed by atoms with E-state index in [0.29, 0.717) is 0 Å². The maximum Gasteiger partial charge on any atom is 0.255 e. The quantitative estimate of drug-likeness (QED) is 0.812. The molecule has 0 bridgehead atoms. The molecule has 0 saturated carbocycles. The van der Waals surface area contributed by atoms with Gasteiger partial charge in [-0.1, -0.05) is 31.5 Å². The highest BCUT2D eigenvalue weighted by Gasteiger charge is 2.13. The Morgan fingerprint density at radius 3 is 2.48 bits per heavy atom. The van der Waals surface area contributed by atoms with Gasteiger partial charge in [0, 0.05) is 11.3 Å². The van der Waals surface area contributed by atoms with Crippen molar-refractivity contribution in [2.45, 2.75) is 51.9 Å². The van der Waals surface area contributed by atoms with E-state index < -0.39 is 0 Å². The first-order valence-corrected chi connectivity index (χ1v) is 8.78. The molecule has 2 nitrogen and oxygen atoms in total. The molecule has 0 heterocycles. The summed E-state index contributed by atoms with van der Waals surface area (Å²) in [6, 6.07) is 14.4. The second-order valence-corrected chi connectivity index (χ2v) is 6.45. The second-order valence-electron chi connectivity index (χ2n) is 6.45. The van der Waals surface area contributed by atoms with Crippen molar-refractivity contribution in [3.05, 3.63) is 64.7 Å². The van der Waals surface area contributed by atoms with Gasteiger partial charge >= 0.3 is 0 Å². The third kappa shape index (κ3) is 4.01. The number of unbranched alkanes of at least 4 members (excludes halogenated alkanes) is 1. The van der Waals surface area contributed by atoms with Crippen LogP contribution < -0.4 is 5.32 Å². The number of rotatable bonds is 5. The molecular weight excluding hydrogens is 282 g/mol. The van der Waals surface area contributed by atoms with E-state index in [0.717, 1.165) is 30.5 Å². The van der Waals surface area contributed by atoms with Crippen molar-refractivity contribution in [3.8, 4) is 0 Å². The Morgan fingerprint density at radius 1 is 1.00 bits per heavy atom. The summed E-state index contributed by atoms with van der Waals surface area (Å²) in [6.07, 6.45) is 8.27. The number of anilines is 1. The summed E-state index contributed by atoms with van der Waals surface area (Å²) in [5.41, 5.74) is 5.72. The van der Waals surface area contributed by atoms with E-state index in [1.54, 1.807) is 0 Å². The van der Waals surface area contributed by atoms with E-state index in [-0.39, 0.29) is 5.91 Å². The van der Waals surface area contributed by atoms with Crippen molar-refractivity contribution in [1.82, 2.24) is 0 Å². The van der Waals surface area contributed by atoms with Crippen LogP contribution in [0, 0.1) is 0 Å². The van der Waals surface area contributed by atoms with Crippen molar-refractivity contribution < 1.29 is 4.79 Å². The van der Waals surface area contributed by atoms with Crippen LogP contribution in [0.4, 0.5) is 5.69 Å². The number of amides is 1. The van der Waals surface area contributed by atoms with Gasteiger partial charge in [-0.05, 0) is 79.5 Å². The van der Waals surface area contributed by atoms with Crippen LogP contribution in [0.5, 0.6) is 0 Å². The lowest BCUT2D eigenvalue weighted by Crippen LogP contribution is -2.13. The minimum atomic E-state index is -0.0142. The summed E-state index contributed by atoms with van der Waals surface area (Å²) in [5.74, 6) is -0.0142. The summed E-state index contributed by atoms with van der Waals surface area (Å²) in [6.45, 7) is 2.20. The van der Waals surface area contributed by atoms with Crippen molar-refractivity contribution in [2.24, 2.45) is 0 Å². The molecule has 1 amide bonds. The summed E-state index contributed by atoms with van der Waals surface area (Å²) in [7, 11) is 0. The zero-order chi connectivity index (χ0) is 16.1. The molecule has 2 aromatic carbocycles. The minimum Gasteiger partial charge on any atom is -0.322 e. The van der Waals surface area contributed by atoms with Gasteiger partial charge in [0.25, 0.3) is 5.91 Å². The van der Waals surface area contributed by atoms with Gasteiger partial charge in [0.15, 0.2) is 0 Å². The van der Waals surface area contributed by atoms with Gasteiger partial charge in [-0.25, -0.2) is 0 Å². The average Bonchev–Trinajstić information content (AvgIpc) is 2.60. The molecule has 1 N–H and O–H groups in total. The lowest BCUT2D eigenvalue weighted by molar-refractivity contribution is 0.102. The number of aryl methyl sites for hydroxylation is 3. The molecule has 0 fully saturated rings. The summed E-state index contributed by atoms with van der Waals surface area (Å²) >= 11 is 0. The van der Waals surface area contributed by atoms with Crippen molar-refractivity contribution in [1.29, 1.82) is 0 Å². The lowest BCUT2D eigenvalue weighted by atomic mass is 9.90. The third-order valence-electron chi connectivity index (χ3n) is 4.64. The standard InChI is InChI=1S/C21H25NO/c1-2-3-6-16-9-13-20(14-10-16)22-21(23)19-12-11-17-7-4-5-8-18(17)15-19/h9-15H,2-8H2,1H3,(H,22,23). The molecule has 23 heavy (non-hydrogen) atoms. The maximum atomic E-state index is 12.4. The molecule has 2 heteroatoms. The lowest BCUT2D eigenvalue weighted by Gasteiger charge is -2.16. The summed E-state index contributed by atoms with van der Waals surface area (Å²) < 4.78 is 0. The van der Waals surface area contributed by atoms with Crippen molar-refractivity contribution >= 4 is 11.6 Å². The molecular formula is C21H25NO. The Morgan fingerprint density at radius 2 is 1.74 bits per heavy atom. The van der Waals surface area contributed by atoms with Gasteiger partial charge in [0.1, 0.15) is 0 Å². The van der Waals surface area contributed by atoms with Crippen molar-refractivity contribution in [2.75, 3.05) is 5.32 Å². The molecule has 0 aliphatic heterocycles. The van der Waals surface area contributed by atoms with Crippen LogP contribution in [0.2, 0.25) is 0 Å². The van der Waals surface area contributed by atoms with Crippen LogP contribution in [0.15, 0.2) is 42.5 Å². The highest BCUT2D eigenvalue weighted by Crippen LogP contribution is 2.23.